The maximum atomic E-state index is 5.68. The predicted octanol–water partition coefficient (Wildman–Crippen LogP) is 3.36. The summed E-state index contributed by atoms with van der Waals surface area (Å²) in [6, 6.07) is 16.8. The molecule has 0 aliphatic rings. The van der Waals surface area contributed by atoms with Crippen LogP contribution in [0.2, 0.25) is 0 Å². The fourth-order valence-electron chi connectivity index (χ4n) is 2.45. The molecule has 2 N–H and O–H groups in total. The fourth-order valence-corrected chi connectivity index (χ4v) is 2.45. The highest BCUT2D eigenvalue weighted by Crippen LogP contribution is 2.24. The molecule has 0 fully saturated rings. The average molecular weight is 284 g/mol. The zero-order valence-electron chi connectivity index (χ0n) is 12.9. The topological polar surface area (TPSA) is 38.5 Å². The van der Waals surface area contributed by atoms with Gasteiger partial charge in [0.1, 0.15) is 5.75 Å². The van der Waals surface area contributed by atoms with E-state index in [4.69, 9.17) is 10.5 Å². The van der Waals surface area contributed by atoms with E-state index in [1.165, 1.54) is 16.8 Å². The van der Waals surface area contributed by atoms with Crippen molar-refractivity contribution in [3.8, 4) is 5.75 Å². The van der Waals surface area contributed by atoms with Crippen LogP contribution >= 0.6 is 0 Å². The predicted molar refractivity (Wildman–Crippen MR) is 88.9 cm³/mol. The SMILES string of the molecule is COc1ccccc1CN(CCCN)c1cccc(C)c1. The summed E-state index contributed by atoms with van der Waals surface area (Å²) < 4.78 is 5.46. The Bertz CT molecular complexity index is 569. The van der Waals surface area contributed by atoms with Crippen LogP contribution in [0.15, 0.2) is 48.5 Å². The third-order valence-electron chi connectivity index (χ3n) is 3.55. The molecule has 0 atom stereocenters. The molecular formula is C18H24N2O. The molecule has 112 valence electrons. The summed E-state index contributed by atoms with van der Waals surface area (Å²) in [5, 5.41) is 0. The summed E-state index contributed by atoms with van der Waals surface area (Å²) >= 11 is 0. The van der Waals surface area contributed by atoms with Gasteiger partial charge in [0.25, 0.3) is 0 Å². The molecule has 2 aromatic rings. The average Bonchev–Trinajstić information content (AvgIpc) is 2.51. The Labute approximate surface area is 127 Å². The highest BCUT2D eigenvalue weighted by atomic mass is 16.5. The molecule has 0 aromatic heterocycles. The molecule has 0 amide bonds. The van der Waals surface area contributed by atoms with Gasteiger partial charge in [-0.05, 0) is 43.7 Å². The number of aryl methyl sites for hydroxylation is 1. The van der Waals surface area contributed by atoms with Crippen LogP contribution in [0.1, 0.15) is 17.5 Å². The maximum absolute atomic E-state index is 5.68. The number of benzene rings is 2. The van der Waals surface area contributed by atoms with Crippen LogP contribution in [0.25, 0.3) is 0 Å². The van der Waals surface area contributed by atoms with E-state index >= 15 is 0 Å². The lowest BCUT2D eigenvalue weighted by molar-refractivity contribution is 0.409. The number of nitrogens with two attached hydrogens (primary N) is 1. The first-order valence-corrected chi connectivity index (χ1v) is 7.38. The second kappa shape index (κ2) is 7.70. The third-order valence-corrected chi connectivity index (χ3v) is 3.55. The summed E-state index contributed by atoms with van der Waals surface area (Å²) in [5.41, 5.74) is 9.38. The van der Waals surface area contributed by atoms with Crippen molar-refractivity contribution in [2.75, 3.05) is 25.1 Å². The van der Waals surface area contributed by atoms with E-state index in [2.05, 4.69) is 48.2 Å². The standard InChI is InChI=1S/C18H24N2O/c1-15-7-5-9-17(13-15)20(12-6-11-19)14-16-8-3-4-10-18(16)21-2/h3-5,7-10,13H,6,11-12,14,19H2,1-2H3. The minimum Gasteiger partial charge on any atom is -0.496 e. The van der Waals surface area contributed by atoms with Crippen LogP contribution in [0, 0.1) is 6.92 Å². The van der Waals surface area contributed by atoms with Gasteiger partial charge in [0.15, 0.2) is 0 Å². The van der Waals surface area contributed by atoms with E-state index in [9.17, 15) is 0 Å². The third kappa shape index (κ3) is 4.23. The minimum atomic E-state index is 0.703. The van der Waals surface area contributed by atoms with Gasteiger partial charge in [-0.1, -0.05) is 30.3 Å². The monoisotopic (exact) mass is 284 g/mol. The number of anilines is 1. The van der Waals surface area contributed by atoms with Crippen LogP contribution in [0.3, 0.4) is 0 Å². The number of methoxy groups -OCH3 is 1. The lowest BCUT2D eigenvalue weighted by Gasteiger charge is -2.26. The van der Waals surface area contributed by atoms with E-state index in [0.717, 1.165) is 25.3 Å². The van der Waals surface area contributed by atoms with Gasteiger partial charge in [-0.3, -0.25) is 0 Å². The summed E-state index contributed by atoms with van der Waals surface area (Å²) in [6.07, 6.45) is 0.975. The van der Waals surface area contributed by atoms with Crippen molar-refractivity contribution in [3.63, 3.8) is 0 Å². The van der Waals surface area contributed by atoms with Crippen molar-refractivity contribution < 1.29 is 4.74 Å². The van der Waals surface area contributed by atoms with Crippen molar-refractivity contribution in [2.45, 2.75) is 19.9 Å². The number of nitrogens with zero attached hydrogens (tertiary/aromatic N) is 1. The van der Waals surface area contributed by atoms with Gasteiger partial charge in [0.2, 0.25) is 0 Å². The quantitative estimate of drug-likeness (QED) is 0.847. The molecule has 3 nitrogen and oxygen atoms in total. The Balaban J connectivity index is 2.24. The Morgan fingerprint density at radius 2 is 1.90 bits per heavy atom. The van der Waals surface area contributed by atoms with Gasteiger partial charge in [0, 0.05) is 24.3 Å². The Hall–Kier alpha value is -2.00. The summed E-state index contributed by atoms with van der Waals surface area (Å²) in [5.74, 6) is 0.933. The molecular weight excluding hydrogens is 260 g/mol. The number of ether oxygens (including phenoxy) is 1. The molecule has 0 aliphatic carbocycles. The number of rotatable bonds is 7. The lowest BCUT2D eigenvalue weighted by atomic mass is 10.1. The highest BCUT2D eigenvalue weighted by molar-refractivity contribution is 5.50. The lowest BCUT2D eigenvalue weighted by Crippen LogP contribution is -2.26. The van der Waals surface area contributed by atoms with E-state index in [1.54, 1.807) is 7.11 Å². The largest absolute Gasteiger partial charge is 0.496 e. The van der Waals surface area contributed by atoms with Gasteiger partial charge in [-0.15, -0.1) is 0 Å². The number of hydrogen-bond donors (Lipinski definition) is 1. The van der Waals surface area contributed by atoms with Crippen molar-refractivity contribution in [3.05, 3.63) is 59.7 Å². The molecule has 0 aliphatic heterocycles. The van der Waals surface area contributed by atoms with Gasteiger partial charge in [0.05, 0.1) is 7.11 Å². The molecule has 0 heterocycles. The van der Waals surface area contributed by atoms with Gasteiger partial charge >= 0.3 is 0 Å². The smallest absolute Gasteiger partial charge is 0.123 e. The summed E-state index contributed by atoms with van der Waals surface area (Å²) in [7, 11) is 1.72. The van der Waals surface area contributed by atoms with Crippen LogP contribution in [0.4, 0.5) is 5.69 Å². The first kappa shape index (κ1) is 15.4. The summed E-state index contributed by atoms with van der Waals surface area (Å²) in [6.45, 7) is 4.59. The van der Waals surface area contributed by atoms with Gasteiger partial charge in [-0.2, -0.15) is 0 Å². The molecule has 3 heteroatoms. The van der Waals surface area contributed by atoms with Crippen LogP contribution in [-0.2, 0) is 6.54 Å². The fraction of sp³-hybridized carbons (Fsp3) is 0.333. The number of hydrogen-bond acceptors (Lipinski definition) is 3. The molecule has 0 saturated carbocycles. The highest BCUT2D eigenvalue weighted by Gasteiger charge is 2.10. The van der Waals surface area contributed by atoms with Crippen molar-refractivity contribution in [2.24, 2.45) is 5.73 Å². The second-order valence-electron chi connectivity index (χ2n) is 5.21. The van der Waals surface area contributed by atoms with Gasteiger partial charge < -0.3 is 15.4 Å². The van der Waals surface area contributed by atoms with E-state index < -0.39 is 0 Å². The molecule has 0 saturated heterocycles. The Morgan fingerprint density at radius 1 is 1.10 bits per heavy atom. The Kier molecular flexibility index (Phi) is 5.64. The first-order chi connectivity index (χ1) is 10.2. The van der Waals surface area contributed by atoms with Crippen molar-refractivity contribution in [1.29, 1.82) is 0 Å². The second-order valence-corrected chi connectivity index (χ2v) is 5.21. The van der Waals surface area contributed by atoms with Crippen LogP contribution < -0.4 is 15.4 Å². The molecule has 0 spiro atoms. The maximum Gasteiger partial charge on any atom is 0.123 e. The van der Waals surface area contributed by atoms with E-state index in [0.29, 0.717) is 6.54 Å². The normalized spacial score (nSPS) is 10.4. The molecule has 0 bridgehead atoms. The van der Waals surface area contributed by atoms with Crippen molar-refractivity contribution in [1.82, 2.24) is 0 Å². The molecule has 2 rings (SSSR count). The molecule has 0 unspecified atom stereocenters. The van der Waals surface area contributed by atoms with E-state index in [-0.39, 0.29) is 0 Å². The molecule has 0 radical (unpaired) electrons. The minimum absolute atomic E-state index is 0.703. The first-order valence-electron chi connectivity index (χ1n) is 7.38. The zero-order chi connectivity index (χ0) is 15.1. The van der Waals surface area contributed by atoms with Crippen LogP contribution in [0.5, 0.6) is 5.75 Å². The molecule has 2 aromatic carbocycles. The summed E-state index contributed by atoms with van der Waals surface area (Å²) in [4.78, 5) is 2.36. The van der Waals surface area contributed by atoms with Crippen molar-refractivity contribution >= 4 is 5.69 Å². The Morgan fingerprint density at radius 3 is 2.62 bits per heavy atom. The molecule has 21 heavy (non-hydrogen) atoms. The van der Waals surface area contributed by atoms with Gasteiger partial charge in [-0.25, -0.2) is 0 Å². The van der Waals surface area contributed by atoms with Crippen LogP contribution in [-0.4, -0.2) is 20.2 Å². The van der Waals surface area contributed by atoms with E-state index in [1.807, 2.05) is 12.1 Å². The zero-order valence-corrected chi connectivity index (χ0v) is 12.9. The number of para-hydroxylation sites is 1.